The summed E-state index contributed by atoms with van der Waals surface area (Å²) in [7, 11) is 5.25. The number of rotatable bonds is 5. The third-order valence-corrected chi connectivity index (χ3v) is 6.67. The number of hydrogen-bond donors (Lipinski definition) is 2. The Morgan fingerprint density at radius 1 is 1.10 bits per heavy atom. The van der Waals surface area contributed by atoms with Gasteiger partial charge >= 0.3 is 12.1 Å². The van der Waals surface area contributed by atoms with Gasteiger partial charge in [0.25, 0.3) is 0 Å². The van der Waals surface area contributed by atoms with E-state index in [1.54, 1.807) is 16.8 Å². The van der Waals surface area contributed by atoms with Gasteiger partial charge in [0.05, 0.1) is 29.9 Å². The summed E-state index contributed by atoms with van der Waals surface area (Å²) in [6.07, 6.45) is -2.42. The number of likely N-dealkylation sites (tertiary alicyclic amines) is 1. The highest BCUT2D eigenvalue weighted by molar-refractivity contribution is 6.02. The fourth-order valence-corrected chi connectivity index (χ4v) is 4.61. The third-order valence-electron chi connectivity index (χ3n) is 6.67. The average Bonchev–Trinajstić information content (AvgIpc) is 3.34. The average molecular weight is 589 g/mol. The monoisotopic (exact) mass is 588 g/mol. The van der Waals surface area contributed by atoms with Crippen molar-refractivity contribution in [2.45, 2.75) is 18.8 Å². The summed E-state index contributed by atoms with van der Waals surface area (Å²) in [5, 5.41) is 15.4. The van der Waals surface area contributed by atoms with Crippen molar-refractivity contribution in [2.24, 2.45) is 13.0 Å². The number of fused-ring (bicyclic) bond motifs is 1. The Balaban J connectivity index is 0.000000517. The second-order valence-electron chi connectivity index (χ2n) is 9.69. The van der Waals surface area contributed by atoms with Crippen LogP contribution in [0.4, 0.5) is 23.2 Å². The van der Waals surface area contributed by atoms with Crippen LogP contribution in [-0.2, 0) is 16.6 Å². The summed E-state index contributed by atoms with van der Waals surface area (Å²) in [4.78, 5) is 32.8. The molecule has 2 aromatic heterocycles. The fraction of sp³-hybridized carbons (Fsp3) is 0.321. The van der Waals surface area contributed by atoms with Crippen LogP contribution in [0.2, 0.25) is 0 Å². The number of nitrogens with one attached hydrogen (secondary N) is 1. The molecule has 14 heteroatoms. The molecule has 10 nitrogen and oxygen atoms in total. The maximum atomic E-state index is 14.6. The summed E-state index contributed by atoms with van der Waals surface area (Å²) in [6.45, 7) is 0.919. The normalized spacial score (nSPS) is 17.3. The topological polar surface area (TPSA) is 122 Å². The number of aromatic nitrogens is 4. The largest absolute Gasteiger partial charge is 0.494 e. The van der Waals surface area contributed by atoms with E-state index in [1.165, 1.54) is 13.4 Å². The molecule has 2 atom stereocenters. The minimum Gasteiger partial charge on any atom is -0.494 e. The van der Waals surface area contributed by atoms with Crippen LogP contribution < -0.4 is 10.1 Å². The molecule has 2 aromatic carbocycles. The van der Waals surface area contributed by atoms with Crippen molar-refractivity contribution >= 4 is 28.5 Å². The molecular weight excluding hydrogens is 560 g/mol. The van der Waals surface area contributed by atoms with Crippen LogP contribution in [0.5, 0.6) is 5.75 Å². The second-order valence-corrected chi connectivity index (χ2v) is 9.69. The zero-order valence-electron chi connectivity index (χ0n) is 22.9. The van der Waals surface area contributed by atoms with Gasteiger partial charge in [-0.05, 0) is 26.1 Å². The van der Waals surface area contributed by atoms with Gasteiger partial charge in [0, 0.05) is 42.4 Å². The van der Waals surface area contributed by atoms with Gasteiger partial charge in [-0.25, -0.2) is 19.2 Å². The number of ether oxygens (including phenoxy) is 1. The van der Waals surface area contributed by atoms with Gasteiger partial charge in [-0.1, -0.05) is 30.3 Å². The number of methoxy groups -OCH3 is 1. The van der Waals surface area contributed by atoms with Crippen molar-refractivity contribution in [3.05, 3.63) is 55.0 Å². The Labute approximate surface area is 237 Å². The van der Waals surface area contributed by atoms with Crippen molar-refractivity contribution in [1.82, 2.24) is 24.6 Å². The molecular formula is C28H28F4N6O4. The number of anilines is 1. The Morgan fingerprint density at radius 3 is 2.40 bits per heavy atom. The summed E-state index contributed by atoms with van der Waals surface area (Å²) in [5.74, 6) is -3.37. The predicted molar refractivity (Wildman–Crippen MR) is 147 cm³/mol. The summed E-state index contributed by atoms with van der Waals surface area (Å²) >= 11 is 0. The lowest BCUT2D eigenvalue weighted by Gasteiger charge is -2.31. The molecule has 2 N–H and O–H groups in total. The van der Waals surface area contributed by atoms with Gasteiger partial charge in [-0.3, -0.25) is 9.48 Å². The number of halogens is 4. The molecule has 222 valence electrons. The molecule has 1 aliphatic rings. The van der Waals surface area contributed by atoms with E-state index in [9.17, 15) is 22.4 Å². The first-order valence-electron chi connectivity index (χ1n) is 12.7. The highest BCUT2D eigenvalue weighted by Crippen LogP contribution is 2.37. The predicted octanol–water partition coefficient (Wildman–Crippen LogP) is 4.57. The molecule has 0 bridgehead atoms. The second kappa shape index (κ2) is 12.5. The number of nitrogens with zero attached hydrogens (tertiary/aromatic N) is 5. The lowest BCUT2D eigenvalue weighted by atomic mass is 9.94. The van der Waals surface area contributed by atoms with Crippen molar-refractivity contribution < 1.29 is 37.0 Å². The van der Waals surface area contributed by atoms with Crippen LogP contribution in [0.25, 0.3) is 33.4 Å². The summed E-state index contributed by atoms with van der Waals surface area (Å²) < 4.78 is 53.6. The Hall–Kier alpha value is -4.59. The summed E-state index contributed by atoms with van der Waals surface area (Å²) in [6, 6.07) is 13.4. The van der Waals surface area contributed by atoms with E-state index in [2.05, 4.69) is 20.4 Å². The van der Waals surface area contributed by atoms with E-state index in [-0.39, 0.29) is 12.5 Å². The minimum absolute atomic E-state index is 0.244. The van der Waals surface area contributed by atoms with Gasteiger partial charge < -0.3 is 20.1 Å². The van der Waals surface area contributed by atoms with Crippen LogP contribution in [0, 0.1) is 5.92 Å². The zero-order chi connectivity index (χ0) is 30.6. The standard InChI is InChI=1S/C26H27FN6O2.C2HF3O2/c1-32-10-9-17(20(27)14-32)26(34)30-22-11-18-21(12-23(22)35-3)28-15-29-25(18)19-13-33(2)31-24(19)16-7-5-4-6-8-16;3-2(4,5)1(6)7/h4-8,11-13,15,17,20H,9-10,14H2,1-3H3,(H,30,34);(H,6,7)/t17-,20-;/m0./s1. The van der Waals surface area contributed by atoms with Crippen molar-refractivity contribution in [2.75, 3.05) is 32.6 Å². The molecule has 0 spiro atoms. The zero-order valence-corrected chi connectivity index (χ0v) is 22.9. The van der Waals surface area contributed by atoms with Gasteiger partial charge in [0.15, 0.2) is 0 Å². The molecule has 4 aromatic rings. The fourth-order valence-electron chi connectivity index (χ4n) is 4.61. The molecule has 0 radical (unpaired) electrons. The number of piperidine rings is 1. The number of amides is 1. The first-order chi connectivity index (χ1) is 19.9. The maximum Gasteiger partial charge on any atom is 0.490 e. The number of carboxylic acids is 1. The lowest BCUT2D eigenvalue weighted by Crippen LogP contribution is -2.44. The van der Waals surface area contributed by atoms with Gasteiger partial charge in [0.1, 0.15) is 23.9 Å². The number of carbonyl (C=O) groups excluding carboxylic acids is 1. The van der Waals surface area contributed by atoms with E-state index in [0.717, 1.165) is 22.2 Å². The molecule has 42 heavy (non-hydrogen) atoms. The summed E-state index contributed by atoms with van der Waals surface area (Å²) in [5.41, 5.74) is 4.40. The van der Waals surface area contributed by atoms with E-state index in [0.29, 0.717) is 35.6 Å². The number of hydrogen-bond acceptors (Lipinski definition) is 7. The van der Waals surface area contributed by atoms with Crippen molar-refractivity contribution in [3.63, 3.8) is 0 Å². The number of aryl methyl sites for hydroxylation is 1. The Bertz CT molecular complexity index is 1580. The molecule has 0 saturated carbocycles. The number of aliphatic carboxylic acids is 1. The van der Waals surface area contributed by atoms with Crippen LogP contribution in [0.15, 0.2) is 55.0 Å². The molecule has 1 saturated heterocycles. The van der Waals surface area contributed by atoms with E-state index in [4.69, 9.17) is 14.6 Å². The minimum atomic E-state index is -5.08. The lowest BCUT2D eigenvalue weighted by molar-refractivity contribution is -0.192. The number of carboxylic acid groups (broad SMARTS) is 1. The molecule has 1 aliphatic heterocycles. The first-order valence-corrected chi connectivity index (χ1v) is 12.7. The Morgan fingerprint density at radius 2 is 1.79 bits per heavy atom. The molecule has 1 fully saturated rings. The molecule has 5 rings (SSSR count). The maximum absolute atomic E-state index is 14.6. The molecule has 0 aliphatic carbocycles. The van der Waals surface area contributed by atoms with Crippen LogP contribution in [0.3, 0.4) is 0 Å². The number of carbonyl (C=O) groups is 2. The van der Waals surface area contributed by atoms with Crippen LogP contribution in [-0.4, -0.2) is 81.2 Å². The van der Waals surface area contributed by atoms with E-state index in [1.807, 2.05) is 55.5 Å². The number of alkyl halides is 4. The van der Waals surface area contributed by atoms with Crippen LogP contribution >= 0.6 is 0 Å². The Kier molecular flexibility index (Phi) is 9.05. The van der Waals surface area contributed by atoms with Gasteiger partial charge in [-0.2, -0.15) is 18.3 Å². The van der Waals surface area contributed by atoms with Crippen molar-refractivity contribution in [1.29, 1.82) is 0 Å². The van der Waals surface area contributed by atoms with Gasteiger partial charge in [-0.15, -0.1) is 0 Å². The molecule has 0 unspecified atom stereocenters. The number of benzene rings is 2. The van der Waals surface area contributed by atoms with E-state index >= 15 is 0 Å². The highest BCUT2D eigenvalue weighted by atomic mass is 19.4. The van der Waals surface area contributed by atoms with Crippen molar-refractivity contribution in [3.8, 4) is 28.3 Å². The molecule has 3 heterocycles. The smallest absolute Gasteiger partial charge is 0.490 e. The first kappa shape index (κ1) is 30.4. The molecule has 1 amide bonds. The van der Waals surface area contributed by atoms with E-state index < -0.39 is 24.2 Å². The van der Waals surface area contributed by atoms with Crippen LogP contribution in [0.1, 0.15) is 6.42 Å². The third kappa shape index (κ3) is 6.82. The quantitative estimate of drug-likeness (QED) is 0.325. The SMILES string of the molecule is COc1cc2ncnc(-c3cn(C)nc3-c3ccccc3)c2cc1NC(=O)[C@H]1CCN(C)C[C@@H]1F.O=C(O)C(F)(F)F. The van der Waals surface area contributed by atoms with Gasteiger partial charge in [0.2, 0.25) is 5.91 Å². The highest BCUT2D eigenvalue weighted by Gasteiger charge is 2.38.